The van der Waals surface area contributed by atoms with Crippen LogP contribution in [0, 0.1) is 13.8 Å². The van der Waals surface area contributed by atoms with Gasteiger partial charge in [0, 0.05) is 17.8 Å². The summed E-state index contributed by atoms with van der Waals surface area (Å²) < 4.78 is 27.9. The molecule has 0 heterocycles. The van der Waals surface area contributed by atoms with Crippen molar-refractivity contribution in [1.82, 2.24) is 4.90 Å². The number of benzene rings is 2. The number of likely N-dealkylation sites (N-methyl/N-ethyl adjacent to an activating group) is 1. The summed E-state index contributed by atoms with van der Waals surface area (Å²) in [4.78, 5) is 24.7. The van der Waals surface area contributed by atoms with Crippen LogP contribution >= 0.6 is 0 Å². The Balaban J connectivity index is 2.38. The van der Waals surface area contributed by atoms with E-state index in [0.717, 1.165) is 10.5 Å². The number of sulfonamides is 1. The van der Waals surface area contributed by atoms with Gasteiger partial charge in [0.05, 0.1) is 4.90 Å². The molecule has 0 atom stereocenters. The van der Waals surface area contributed by atoms with E-state index in [1.54, 1.807) is 32.0 Å². The number of rotatable bonds is 7. The van der Waals surface area contributed by atoms with Crippen LogP contribution in [0.3, 0.4) is 0 Å². The summed E-state index contributed by atoms with van der Waals surface area (Å²) in [5.41, 5.74) is 2.05. The normalized spacial score (nSPS) is 11.1. The monoisotopic (exact) mass is 390 g/mol. The number of carbonyl (C=O) groups excluding carboxylic acids is 1. The van der Waals surface area contributed by atoms with Crippen molar-refractivity contribution >= 4 is 27.6 Å². The number of anilines is 1. The first-order valence-corrected chi connectivity index (χ1v) is 9.83. The fourth-order valence-electron chi connectivity index (χ4n) is 2.58. The quantitative estimate of drug-likeness (QED) is 0.756. The largest absolute Gasteiger partial charge is 0.480 e. The number of carboxylic acid groups (broad SMARTS) is 1. The third-order valence-electron chi connectivity index (χ3n) is 4.02. The predicted molar refractivity (Wildman–Crippen MR) is 102 cm³/mol. The molecule has 0 fully saturated rings. The Hall–Kier alpha value is -2.87. The Morgan fingerprint density at radius 2 is 1.81 bits per heavy atom. The molecular formula is C19H22N2O5S. The van der Waals surface area contributed by atoms with E-state index in [0.29, 0.717) is 11.3 Å². The molecule has 0 bridgehead atoms. The van der Waals surface area contributed by atoms with Gasteiger partial charge >= 0.3 is 5.97 Å². The fourth-order valence-corrected chi connectivity index (χ4v) is 3.66. The van der Waals surface area contributed by atoms with Gasteiger partial charge < -0.3 is 10.0 Å². The minimum Gasteiger partial charge on any atom is -0.480 e. The third kappa shape index (κ3) is 5.07. The highest BCUT2D eigenvalue weighted by Gasteiger charge is 2.22. The number of aliphatic carboxylic acids is 1. The van der Waals surface area contributed by atoms with Crippen molar-refractivity contribution in [3.63, 3.8) is 0 Å². The van der Waals surface area contributed by atoms with Crippen molar-refractivity contribution < 1.29 is 23.1 Å². The van der Waals surface area contributed by atoms with E-state index >= 15 is 0 Å². The van der Waals surface area contributed by atoms with E-state index in [9.17, 15) is 18.0 Å². The number of carbonyl (C=O) groups is 2. The predicted octanol–water partition coefficient (Wildman–Crippen LogP) is 2.65. The number of nitrogens with zero attached hydrogens (tertiary/aromatic N) is 1. The number of aryl methyl sites for hydroxylation is 2. The van der Waals surface area contributed by atoms with Crippen LogP contribution in [0.5, 0.6) is 0 Å². The van der Waals surface area contributed by atoms with Crippen molar-refractivity contribution in [1.29, 1.82) is 0 Å². The zero-order chi connectivity index (χ0) is 20.2. The summed E-state index contributed by atoms with van der Waals surface area (Å²) in [7, 11) is -3.90. The van der Waals surface area contributed by atoms with Crippen molar-refractivity contribution in [3.05, 3.63) is 59.2 Å². The molecule has 1 amide bonds. The van der Waals surface area contributed by atoms with Crippen molar-refractivity contribution in [2.45, 2.75) is 25.7 Å². The van der Waals surface area contributed by atoms with Crippen LogP contribution in [-0.4, -0.2) is 43.4 Å². The lowest BCUT2D eigenvalue weighted by Gasteiger charge is -2.20. The minimum atomic E-state index is -3.90. The second kappa shape index (κ2) is 8.22. The van der Waals surface area contributed by atoms with Crippen LogP contribution in [-0.2, 0) is 14.8 Å². The second-order valence-electron chi connectivity index (χ2n) is 6.16. The van der Waals surface area contributed by atoms with E-state index in [4.69, 9.17) is 5.11 Å². The molecule has 8 heteroatoms. The standard InChI is InChI=1S/C19H22N2O5S/c1-4-21(12-18(22)23)19(24)17-11-16(9-8-14(17)3)27(25,26)20-15-7-5-6-13(2)10-15/h5-11,20H,4,12H2,1-3H3,(H,22,23). The molecular weight excluding hydrogens is 368 g/mol. The topological polar surface area (TPSA) is 104 Å². The molecule has 0 aliphatic carbocycles. The first kappa shape index (κ1) is 20.4. The Morgan fingerprint density at radius 3 is 2.41 bits per heavy atom. The molecule has 2 aromatic carbocycles. The Morgan fingerprint density at radius 1 is 1.11 bits per heavy atom. The van der Waals surface area contributed by atoms with Gasteiger partial charge in [-0.05, 0) is 56.2 Å². The molecule has 0 spiro atoms. The van der Waals surface area contributed by atoms with Crippen molar-refractivity contribution in [2.24, 2.45) is 0 Å². The average Bonchev–Trinajstić information content (AvgIpc) is 2.58. The van der Waals surface area contributed by atoms with Gasteiger partial charge in [0.2, 0.25) is 0 Å². The molecule has 0 saturated heterocycles. The molecule has 27 heavy (non-hydrogen) atoms. The highest BCUT2D eigenvalue weighted by Crippen LogP contribution is 2.21. The highest BCUT2D eigenvalue weighted by molar-refractivity contribution is 7.92. The van der Waals surface area contributed by atoms with Crippen molar-refractivity contribution in [2.75, 3.05) is 17.8 Å². The first-order valence-electron chi connectivity index (χ1n) is 8.35. The molecule has 2 rings (SSSR count). The molecule has 0 aliphatic heterocycles. The summed E-state index contributed by atoms with van der Waals surface area (Å²) in [5.74, 6) is -1.65. The minimum absolute atomic E-state index is 0.0654. The first-order chi connectivity index (χ1) is 12.6. The van der Waals surface area contributed by atoms with Gasteiger partial charge in [-0.2, -0.15) is 0 Å². The van der Waals surface area contributed by atoms with E-state index in [1.165, 1.54) is 18.2 Å². The highest BCUT2D eigenvalue weighted by atomic mass is 32.2. The SMILES string of the molecule is CCN(CC(=O)O)C(=O)c1cc(S(=O)(=O)Nc2cccc(C)c2)ccc1C. The molecule has 2 N–H and O–H groups in total. The number of hydrogen-bond donors (Lipinski definition) is 2. The molecule has 144 valence electrons. The van der Waals surface area contributed by atoms with Crippen LogP contribution in [0.15, 0.2) is 47.4 Å². The molecule has 0 aromatic heterocycles. The van der Waals surface area contributed by atoms with Gasteiger partial charge in [-0.3, -0.25) is 14.3 Å². The van der Waals surface area contributed by atoms with Crippen LogP contribution < -0.4 is 4.72 Å². The van der Waals surface area contributed by atoms with Crippen LogP contribution in [0.2, 0.25) is 0 Å². The van der Waals surface area contributed by atoms with Crippen LogP contribution in [0.1, 0.15) is 28.4 Å². The summed E-state index contributed by atoms with van der Waals surface area (Å²) in [6.45, 7) is 4.93. The summed E-state index contributed by atoms with van der Waals surface area (Å²) in [6.07, 6.45) is 0. The smallest absolute Gasteiger partial charge is 0.323 e. The van der Waals surface area contributed by atoms with E-state index in [2.05, 4.69) is 4.72 Å². The maximum atomic E-state index is 12.7. The average molecular weight is 390 g/mol. The van der Waals surface area contributed by atoms with Gasteiger partial charge in [-0.1, -0.05) is 18.2 Å². The van der Waals surface area contributed by atoms with Gasteiger partial charge in [0.1, 0.15) is 6.54 Å². The molecule has 0 saturated carbocycles. The summed E-state index contributed by atoms with van der Waals surface area (Å²) >= 11 is 0. The number of carboxylic acids is 1. The zero-order valence-corrected chi connectivity index (χ0v) is 16.2. The molecule has 0 aliphatic rings. The maximum Gasteiger partial charge on any atom is 0.323 e. The second-order valence-corrected chi connectivity index (χ2v) is 7.85. The molecule has 7 nitrogen and oxygen atoms in total. The van der Waals surface area contributed by atoms with Crippen LogP contribution in [0.4, 0.5) is 5.69 Å². The molecule has 0 unspecified atom stereocenters. The maximum absolute atomic E-state index is 12.7. The Labute approximate surface area is 158 Å². The lowest BCUT2D eigenvalue weighted by molar-refractivity contribution is -0.137. The summed E-state index contributed by atoms with van der Waals surface area (Å²) in [6, 6.07) is 11.1. The lowest BCUT2D eigenvalue weighted by Crippen LogP contribution is -2.36. The van der Waals surface area contributed by atoms with Gasteiger partial charge in [-0.15, -0.1) is 0 Å². The number of nitrogens with one attached hydrogen (secondary N) is 1. The number of hydrogen-bond acceptors (Lipinski definition) is 4. The molecule has 2 aromatic rings. The Kier molecular flexibility index (Phi) is 6.22. The van der Waals surface area contributed by atoms with Gasteiger partial charge in [-0.25, -0.2) is 8.42 Å². The molecule has 0 radical (unpaired) electrons. The van der Waals surface area contributed by atoms with E-state index in [-0.39, 0.29) is 17.0 Å². The summed E-state index contributed by atoms with van der Waals surface area (Å²) in [5, 5.41) is 8.95. The number of amides is 1. The van der Waals surface area contributed by atoms with Crippen molar-refractivity contribution in [3.8, 4) is 0 Å². The van der Waals surface area contributed by atoms with Gasteiger partial charge in [0.15, 0.2) is 0 Å². The van der Waals surface area contributed by atoms with Crippen LogP contribution in [0.25, 0.3) is 0 Å². The lowest BCUT2D eigenvalue weighted by atomic mass is 10.1. The van der Waals surface area contributed by atoms with Gasteiger partial charge in [0.25, 0.3) is 15.9 Å². The zero-order valence-electron chi connectivity index (χ0n) is 15.4. The van der Waals surface area contributed by atoms with E-state index < -0.39 is 28.4 Å². The third-order valence-corrected chi connectivity index (χ3v) is 5.39. The Bertz CT molecular complexity index is 970. The van der Waals surface area contributed by atoms with E-state index in [1.807, 2.05) is 13.0 Å². The fraction of sp³-hybridized carbons (Fsp3) is 0.263.